The molecule has 1 aromatic heterocycles. The summed E-state index contributed by atoms with van der Waals surface area (Å²) in [6.07, 6.45) is 0.151. The molecule has 0 aliphatic rings. The van der Waals surface area contributed by atoms with E-state index in [0.29, 0.717) is 5.56 Å². The molecule has 0 fully saturated rings. The molecule has 0 spiro atoms. The Bertz CT molecular complexity index is 647. The zero-order valence-corrected chi connectivity index (χ0v) is 9.29. The van der Waals surface area contributed by atoms with Crippen LogP contribution >= 0.6 is 0 Å². The van der Waals surface area contributed by atoms with Gasteiger partial charge >= 0.3 is 0 Å². The van der Waals surface area contributed by atoms with E-state index in [2.05, 4.69) is 4.98 Å². The summed E-state index contributed by atoms with van der Waals surface area (Å²) in [5, 5.41) is 9.66. The Labute approximate surface area is 93.3 Å². The van der Waals surface area contributed by atoms with Gasteiger partial charge in [-0.2, -0.15) is 5.26 Å². The van der Waals surface area contributed by atoms with E-state index in [-0.39, 0.29) is 12.0 Å². The predicted molar refractivity (Wildman–Crippen MR) is 63.4 cm³/mol. The molecule has 0 bridgehead atoms. The van der Waals surface area contributed by atoms with Gasteiger partial charge in [0.15, 0.2) is 0 Å². The van der Waals surface area contributed by atoms with Crippen LogP contribution in [0.5, 0.6) is 0 Å². The maximum absolute atomic E-state index is 11.7. The molecule has 0 radical (unpaired) electrons. The average molecular weight is 212 g/mol. The van der Waals surface area contributed by atoms with Crippen LogP contribution in [0.3, 0.4) is 0 Å². The monoisotopic (exact) mass is 212 g/mol. The second-order valence-electron chi connectivity index (χ2n) is 3.95. The van der Waals surface area contributed by atoms with Gasteiger partial charge in [0.05, 0.1) is 18.0 Å². The van der Waals surface area contributed by atoms with E-state index in [1.165, 1.54) is 0 Å². The largest absolute Gasteiger partial charge is 0.321 e. The second-order valence-corrected chi connectivity index (χ2v) is 3.95. The fraction of sp³-hybridized carbons (Fsp3) is 0.231. The van der Waals surface area contributed by atoms with E-state index in [9.17, 15) is 4.79 Å². The summed E-state index contributed by atoms with van der Waals surface area (Å²) in [7, 11) is 0. The molecule has 0 unspecified atom stereocenters. The van der Waals surface area contributed by atoms with Crippen molar-refractivity contribution in [3.05, 3.63) is 45.2 Å². The highest BCUT2D eigenvalue weighted by atomic mass is 16.1. The number of aromatic nitrogens is 1. The van der Waals surface area contributed by atoms with Crippen LogP contribution in [-0.2, 0) is 6.42 Å². The summed E-state index contributed by atoms with van der Waals surface area (Å²) in [6, 6.07) is 7.83. The number of hydrogen-bond donors (Lipinski definition) is 1. The van der Waals surface area contributed by atoms with Crippen molar-refractivity contribution in [2.75, 3.05) is 0 Å². The molecule has 2 rings (SSSR count). The Balaban J connectivity index is 2.85. The zero-order chi connectivity index (χ0) is 11.7. The van der Waals surface area contributed by atoms with Gasteiger partial charge in [0, 0.05) is 10.9 Å². The lowest BCUT2D eigenvalue weighted by Gasteiger charge is -2.06. The number of aromatic amines is 1. The van der Waals surface area contributed by atoms with Gasteiger partial charge in [-0.05, 0) is 31.0 Å². The summed E-state index contributed by atoms with van der Waals surface area (Å²) in [5.74, 6) is 0. The smallest absolute Gasteiger partial charge is 0.252 e. The van der Waals surface area contributed by atoms with Gasteiger partial charge in [-0.15, -0.1) is 0 Å². The van der Waals surface area contributed by atoms with Gasteiger partial charge in [0.25, 0.3) is 5.56 Å². The first-order valence-corrected chi connectivity index (χ1v) is 5.12. The van der Waals surface area contributed by atoms with Crippen LogP contribution in [0.25, 0.3) is 10.9 Å². The number of benzene rings is 1. The van der Waals surface area contributed by atoms with Crippen LogP contribution in [0.4, 0.5) is 0 Å². The first-order chi connectivity index (χ1) is 7.63. The van der Waals surface area contributed by atoms with Crippen LogP contribution < -0.4 is 5.56 Å². The Hall–Kier alpha value is -2.08. The van der Waals surface area contributed by atoms with Gasteiger partial charge in [0.2, 0.25) is 0 Å². The normalized spacial score (nSPS) is 10.3. The molecular formula is C13H12N2O. The summed E-state index contributed by atoms with van der Waals surface area (Å²) >= 11 is 0. The van der Waals surface area contributed by atoms with Crippen molar-refractivity contribution in [1.82, 2.24) is 4.98 Å². The number of hydrogen-bond acceptors (Lipinski definition) is 2. The second kappa shape index (κ2) is 3.82. The molecule has 0 saturated heterocycles. The quantitative estimate of drug-likeness (QED) is 0.787. The van der Waals surface area contributed by atoms with Gasteiger partial charge in [-0.1, -0.05) is 12.1 Å². The SMILES string of the molecule is Cc1ccc(C)c2[nH]c(=O)c(CC#N)cc12. The Kier molecular flexibility index (Phi) is 2.49. The van der Waals surface area contributed by atoms with Gasteiger partial charge in [0.1, 0.15) is 0 Å². The highest BCUT2D eigenvalue weighted by molar-refractivity contribution is 5.85. The molecule has 1 N–H and O–H groups in total. The Morgan fingerprint density at radius 1 is 1.31 bits per heavy atom. The summed E-state index contributed by atoms with van der Waals surface area (Å²) in [5.41, 5.74) is 3.38. The van der Waals surface area contributed by atoms with Gasteiger partial charge in [-0.25, -0.2) is 0 Å². The molecule has 1 heterocycles. The molecule has 0 amide bonds. The van der Waals surface area contributed by atoms with Crippen LogP contribution in [0.15, 0.2) is 23.0 Å². The minimum Gasteiger partial charge on any atom is -0.321 e. The molecule has 0 saturated carbocycles. The van der Waals surface area contributed by atoms with Crippen molar-refractivity contribution < 1.29 is 0 Å². The summed E-state index contributed by atoms with van der Waals surface area (Å²) in [6.45, 7) is 3.96. The van der Waals surface area contributed by atoms with E-state index < -0.39 is 0 Å². The molecule has 0 aliphatic carbocycles. The molecule has 80 valence electrons. The van der Waals surface area contributed by atoms with E-state index >= 15 is 0 Å². The number of pyridine rings is 1. The van der Waals surface area contributed by atoms with Crippen molar-refractivity contribution in [3.63, 3.8) is 0 Å². The first-order valence-electron chi connectivity index (χ1n) is 5.12. The molecule has 0 aliphatic heterocycles. The highest BCUT2D eigenvalue weighted by Gasteiger charge is 2.06. The lowest BCUT2D eigenvalue weighted by molar-refractivity contribution is 1.15. The zero-order valence-electron chi connectivity index (χ0n) is 9.29. The van der Waals surface area contributed by atoms with E-state index in [1.54, 1.807) is 0 Å². The van der Waals surface area contributed by atoms with E-state index in [4.69, 9.17) is 5.26 Å². The molecule has 2 aromatic rings. The minimum absolute atomic E-state index is 0.151. The maximum Gasteiger partial charge on any atom is 0.252 e. The molecule has 16 heavy (non-hydrogen) atoms. The van der Waals surface area contributed by atoms with Crippen LogP contribution in [0, 0.1) is 25.2 Å². The van der Waals surface area contributed by atoms with Crippen molar-refractivity contribution >= 4 is 10.9 Å². The number of fused-ring (bicyclic) bond motifs is 1. The third-order valence-corrected chi connectivity index (χ3v) is 2.79. The molecular weight excluding hydrogens is 200 g/mol. The molecule has 3 heteroatoms. The van der Waals surface area contributed by atoms with Gasteiger partial charge in [-0.3, -0.25) is 4.79 Å². The minimum atomic E-state index is -0.164. The summed E-state index contributed by atoms with van der Waals surface area (Å²) in [4.78, 5) is 14.5. The number of aryl methyl sites for hydroxylation is 2. The Morgan fingerprint density at radius 3 is 2.69 bits per heavy atom. The van der Waals surface area contributed by atoms with Crippen molar-refractivity contribution in [1.29, 1.82) is 5.26 Å². The standard InChI is InChI=1S/C13H12N2O/c1-8-3-4-9(2)12-11(8)7-10(5-6-14)13(16)15-12/h3-4,7H,5H2,1-2H3,(H,15,16). The van der Waals surface area contributed by atoms with Gasteiger partial charge < -0.3 is 4.98 Å². The highest BCUT2D eigenvalue weighted by Crippen LogP contribution is 2.19. The average Bonchev–Trinajstić information content (AvgIpc) is 2.26. The summed E-state index contributed by atoms with van der Waals surface area (Å²) < 4.78 is 0. The van der Waals surface area contributed by atoms with E-state index in [1.807, 2.05) is 38.1 Å². The number of nitrogens with one attached hydrogen (secondary N) is 1. The molecule has 3 nitrogen and oxygen atoms in total. The first kappa shape index (κ1) is 10.4. The van der Waals surface area contributed by atoms with Crippen LogP contribution in [0.2, 0.25) is 0 Å². The van der Waals surface area contributed by atoms with Crippen molar-refractivity contribution in [2.24, 2.45) is 0 Å². The van der Waals surface area contributed by atoms with Crippen LogP contribution in [-0.4, -0.2) is 4.98 Å². The molecule has 0 atom stereocenters. The fourth-order valence-corrected chi connectivity index (χ4v) is 1.83. The Morgan fingerprint density at radius 2 is 2.00 bits per heavy atom. The van der Waals surface area contributed by atoms with Crippen molar-refractivity contribution in [3.8, 4) is 6.07 Å². The third kappa shape index (κ3) is 1.59. The maximum atomic E-state index is 11.7. The third-order valence-electron chi connectivity index (χ3n) is 2.79. The topological polar surface area (TPSA) is 56.6 Å². The van der Waals surface area contributed by atoms with Crippen LogP contribution in [0.1, 0.15) is 16.7 Å². The number of nitriles is 1. The van der Waals surface area contributed by atoms with E-state index in [0.717, 1.165) is 22.0 Å². The fourth-order valence-electron chi connectivity index (χ4n) is 1.83. The number of rotatable bonds is 1. The lowest BCUT2D eigenvalue weighted by atomic mass is 10.0. The number of nitrogens with zero attached hydrogens (tertiary/aromatic N) is 1. The lowest BCUT2D eigenvalue weighted by Crippen LogP contribution is -2.12. The number of H-pyrrole nitrogens is 1. The molecule has 1 aromatic carbocycles. The van der Waals surface area contributed by atoms with Crippen molar-refractivity contribution in [2.45, 2.75) is 20.3 Å². The predicted octanol–water partition coefficient (Wildman–Crippen LogP) is 2.21.